The number of nitrogens with one attached hydrogen (secondary N) is 2. The van der Waals surface area contributed by atoms with E-state index in [1.54, 1.807) is 6.07 Å². The largest absolute Gasteiger partial charge is 0.433 e. The number of aromatic nitrogens is 3. The van der Waals surface area contributed by atoms with Crippen LogP contribution >= 0.6 is 11.8 Å². The van der Waals surface area contributed by atoms with Gasteiger partial charge in [-0.25, -0.2) is 9.37 Å². The van der Waals surface area contributed by atoms with Crippen molar-refractivity contribution in [1.82, 2.24) is 15.0 Å². The third-order valence-electron chi connectivity index (χ3n) is 4.51. The fraction of sp³-hybridized carbons (Fsp3) is 0.143. The lowest BCUT2D eigenvalue weighted by Crippen LogP contribution is -2.09. The van der Waals surface area contributed by atoms with Crippen molar-refractivity contribution in [3.8, 4) is 0 Å². The first-order valence-electron chi connectivity index (χ1n) is 9.28. The molecule has 2 aromatic heterocycles. The number of hydrogen-bond acceptors (Lipinski definition) is 4. The van der Waals surface area contributed by atoms with Crippen LogP contribution in [0, 0.1) is 5.82 Å². The number of anilines is 2. The number of nitrogens with zero attached hydrogens (tertiary/aromatic N) is 2. The lowest BCUT2D eigenvalue weighted by molar-refractivity contribution is -0.141. The van der Waals surface area contributed by atoms with Crippen LogP contribution in [0.25, 0.3) is 11.0 Å². The number of fused-ring (bicyclic) bond motifs is 1. The number of halogens is 7. The van der Waals surface area contributed by atoms with Gasteiger partial charge in [0.15, 0.2) is 5.82 Å². The summed E-state index contributed by atoms with van der Waals surface area (Å²) in [6, 6.07) is 10.0. The fourth-order valence-corrected chi connectivity index (χ4v) is 3.81. The second-order valence-corrected chi connectivity index (χ2v) is 7.92. The molecule has 2 heterocycles. The first kappa shape index (κ1) is 22.9. The summed E-state index contributed by atoms with van der Waals surface area (Å²) in [5, 5.41) is 2.62. The van der Waals surface area contributed by atoms with Crippen molar-refractivity contribution in [3.63, 3.8) is 0 Å². The zero-order chi connectivity index (χ0) is 23.8. The molecule has 0 fully saturated rings. The van der Waals surface area contributed by atoms with Gasteiger partial charge in [0.25, 0.3) is 0 Å². The first-order valence-corrected chi connectivity index (χ1v) is 10.3. The standard InChI is InChI=1S/C21H13F7N4S/c22-19-13(20(23,24)25)2-1-3-15(19)30-11-4-5-14-16(8-11)32-18(31-14)10-33-12-6-7-29-17(9-12)21(26,27)28/h1-9,30H,10H2,(H,31,32). The molecule has 2 N–H and O–H groups in total. The Morgan fingerprint density at radius 2 is 1.73 bits per heavy atom. The molecule has 2 aromatic carbocycles. The van der Waals surface area contributed by atoms with E-state index in [1.165, 1.54) is 24.3 Å². The van der Waals surface area contributed by atoms with Crippen LogP contribution in [0.4, 0.5) is 42.1 Å². The number of thioether (sulfide) groups is 1. The van der Waals surface area contributed by atoms with Crippen LogP contribution < -0.4 is 5.32 Å². The Morgan fingerprint density at radius 1 is 0.939 bits per heavy atom. The summed E-state index contributed by atoms with van der Waals surface area (Å²) in [5.74, 6) is -0.705. The maximum Gasteiger partial charge on any atom is 0.433 e. The van der Waals surface area contributed by atoms with Crippen molar-refractivity contribution >= 4 is 34.2 Å². The predicted octanol–water partition coefficient (Wildman–Crippen LogP) is 7.17. The van der Waals surface area contributed by atoms with Crippen molar-refractivity contribution in [3.05, 3.63) is 77.6 Å². The van der Waals surface area contributed by atoms with Gasteiger partial charge in [-0.1, -0.05) is 6.07 Å². The third-order valence-corrected chi connectivity index (χ3v) is 5.52. The Kier molecular flexibility index (Phi) is 5.95. The number of benzene rings is 2. The Bertz CT molecular complexity index is 1300. The molecular weight excluding hydrogens is 473 g/mol. The van der Waals surface area contributed by atoms with Gasteiger partial charge >= 0.3 is 12.4 Å². The first-order chi connectivity index (χ1) is 15.5. The van der Waals surface area contributed by atoms with E-state index in [4.69, 9.17) is 0 Å². The fourth-order valence-electron chi connectivity index (χ4n) is 3.02. The Morgan fingerprint density at radius 3 is 2.45 bits per heavy atom. The molecule has 172 valence electrons. The Labute approximate surface area is 186 Å². The van der Waals surface area contributed by atoms with Crippen molar-refractivity contribution in [2.45, 2.75) is 23.0 Å². The van der Waals surface area contributed by atoms with E-state index in [2.05, 4.69) is 20.3 Å². The number of aromatic amines is 1. The molecule has 0 unspecified atom stereocenters. The molecule has 0 saturated heterocycles. The van der Waals surface area contributed by atoms with Crippen LogP contribution in [0.2, 0.25) is 0 Å². The zero-order valence-corrected chi connectivity index (χ0v) is 17.2. The number of pyridine rings is 1. The minimum Gasteiger partial charge on any atom is -0.353 e. The number of H-pyrrole nitrogens is 1. The van der Waals surface area contributed by atoms with E-state index >= 15 is 0 Å². The lowest BCUT2D eigenvalue weighted by atomic mass is 10.1. The van der Waals surface area contributed by atoms with Crippen LogP contribution in [0.1, 0.15) is 17.1 Å². The quantitative estimate of drug-likeness (QED) is 0.232. The molecule has 33 heavy (non-hydrogen) atoms. The summed E-state index contributed by atoms with van der Waals surface area (Å²) in [5.41, 5.74) is -1.34. The van der Waals surface area contributed by atoms with E-state index in [1.807, 2.05) is 0 Å². The molecule has 0 aliphatic rings. The molecule has 4 rings (SSSR count). The number of rotatable bonds is 5. The van der Waals surface area contributed by atoms with Crippen LogP contribution in [-0.4, -0.2) is 15.0 Å². The van der Waals surface area contributed by atoms with E-state index < -0.39 is 29.4 Å². The van der Waals surface area contributed by atoms with Crippen molar-refractivity contribution in [1.29, 1.82) is 0 Å². The molecule has 0 saturated carbocycles. The smallest absolute Gasteiger partial charge is 0.353 e. The van der Waals surface area contributed by atoms with E-state index in [9.17, 15) is 30.7 Å². The van der Waals surface area contributed by atoms with Gasteiger partial charge in [0, 0.05) is 16.8 Å². The van der Waals surface area contributed by atoms with Gasteiger partial charge < -0.3 is 10.3 Å². The van der Waals surface area contributed by atoms with Gasteiger partial charge in [-0.3, -0.25) is 4.98 Å². The molecule has 0 amide bonds. The van der Waals surface area contributed by atoms with Gasteiger partial charge in [-0.15, -0.1) is 11.8 Å². The molecule has 0 radical (unpaired) electrons. The summed E-state index contributed by atoms with van der Waals surface area (Å²) in [6.07, 6.45) is -8.29. The summed E-state index contributed by atoms with van der Waals surface area (Å²) < 4.78 is 91.4. The second-order valence-electron chi connectivity index (χ2n) is 6.87. The highest BCUT2D eigenvalue weighted by atomic mass is 32.2. The summed E-state index contributed by atoms with van der Waals surface area (Å²) in [7, 11) is 0. The average molecular weight is 486 g/mol. The van der Waals surface area contributed by atoms with Crippen molar-refractivity contribution in [2.75, 3.05) is 5.32 Å². The maximum atomic E-state index is 14.3. The van der Waals surface area contributed by atoms with E-state index in [0.29, 0.717) is 33.5 Å². The van der Waals surface area contributed by atoms with Gasteiger partial charge in [-0.05, 0) is 42.5 Å². The van der Waals surface area contributed by atoms with Gasteiger partial charge in [0.2, 0.25) is 0 Å². The molecule has 4 nitrogen and oxygen atoms in total. The molecule has 0 aliphatic heterocycles. The molecule has 12 heteroatoms. The number of alkyl halides is 6. The number of hydrogen-bond donors (Lipinski definition) is 2. The Hall–Kier alpha value is -3.28. The number of imidazole rings is 1. The minimum absolute atomic E-state index is 0.237. The van der Waals surface area contributed by atoms with Gasteiger partial charge in [0.1, 0.15) is 11.5 Å². The zero-order valence-electron chi connectivity index (χ0n) is 16.4. The highest BCUT2D eigenvalue weighted by Gasteiger charge is 2.35. The second kappa shape index (κ2) is 8.58. The average Bonchev–Trinajstić information content (AvgIpc) is 3.15. The van der Waals surface area contributed by atoms with E-state index in [0.717, 1.165) is 30.1 Å². The minimum atomic E-state index is -4.82. The molecule has 0 aliphatic carbocycles. The SMILES string of the molecule is Fc1c(Nc2ccc3[nH]c(CSc4ccnc(C(F)(F)F)c4)nc3c2)cccc1C(F)(F)F. The highest BCUT2D eigenvalue weighted by molar-refractivity contribution is 7.98. The summed E-state index contributed by atoms with van der Waals surface area (Å²) >= 11 is 1.13. The monoisotopic (exact) mass is 486 g/mol. The maximum absolute atomic E-state index is 14.3. The highest BCUT2D eigenvalue weighted by Crippen LogP contribution is 2.35. The van der Waals surface area contributed by atoms with Gasteiger partial charge in [0.05, 0.1) is 28.0 Å². The van der Waals surface area contributed by atoms with Crippen molar-refractivity contribution in [2.24, 2.45) is 0 Å². The topological polar surface area (TPSA) is 53.6 Å². The molecule has 4 aromatic rings. The summed E-state index contributed by atoms with van der Waals surface area (Å²) in [4.78, 5) is 11.0. The predicted molar refractivity (Wildman–Crippen MR) is 110 cm³/mol. The van der Waals surface area contributed by atoms with Crippen molar-refractivity contribution < 1.29 is 30.7 Å². The van der Waals surface area contributed by atoms with E-state index in [-0.39, 0.29) is 11.4 Å². The van der Waals surface area contributed by atoms with Crippen LogP contribution in [-0.2, 0) is 18.1 Å². The summed E-state index contributed by atoms with van der Waals surface area (Å²) in [6.45, 7) is 0. The molecular formula is C21H13F7N4S. The Balaban J connectivity index is 1.51. The molecule has 0 bridgehead atoms. The molecule has 0 spiro atoms. The van der Waals surface area contributed by atoms with Crippen LogP contribution in [0.5, 0.6) is 0 Å². The van der Waals surface area contributed by atoms with Gasteiger partial charge in [-0.2, -0.15) is 26.3 Å². The molecule has 0 atom stereocenters. The van der Waals surface area contributed by atoms with Crippen LogP contribution in [0.3, 0.4) is 0 Å². The lowest BCUT2D eigenvalue weighted by Gasteiger charge is -2.12. The van der Waals surface area contributed by atoms with Crippen LogP contribution in [0.15, 0.2) is 59.6 Å². The normalized spacial score (nSPS) is 12.3. The third kappa shape index (κ3) is 5.21.